The fraction of sp³-hybridized carbons (Fsp3) is 0.714. The molecule has 0 radical (unpaired) electrons. The maximum atomic E-state index is 10.6. The predicted molar refractivity (Wildman–Crippen MR) is 47.4 cm³/mol. The topological polar surface area (TPSA) is 58.2 Å². The summed E-state index contributed by atoms with van der Waals surface area (Å²) in [5.74, 6) is 0.0446. The summed E-state index contributed by atoms with van der Waals surface area (Å²) in [4.78, 5) is 21.1. The average molecular weight is 188 g/mol. The molecule has 68 valence electrons. The van der Waals surface area contributed by atoms with Crippen LogP contribution in [0.4, 0.5) is 0 Å². The SMILES string of the molecule is CC(=O)NC(C)SC1CC(=O)N1. The number of nitrogens with one attached hydrogen (secondary N) is 2. The summed E-state index contributed by atoms with van der Waals surface area (Å²) in [6, 6.07) is 0. The molecule has 0 bridgehead atoms. The van der Waals surface area contributed by atoms with Crippen LogP contribution in [0, 0.1) is 0 Å². The molecule has 0 aliphatic carbocycles. The van der Waals surface area contributed by atoms with E-state index in [-0.39, 0.29) is 22.6 Å². The van der Waals surface area contributed by atoms with E-state index in [1.165, 1.54) is 6.92 Å². The van der Waals surface area contributed by atoms with Crippen molar-refractivity contribution in [1.82, 2.24) is 10.6 Å². The minimum absolute atomic E-state index is 0.0411. The van der Waals surface area contributed by atoms with Crippen molar-refractivity contribution in [2.45, 2.75) is 31.0 Å². The monoisotopic (exact) mass is 188 g/mol. The number of carbonyl (C=O) groups excluding carboxylic acids is 2. The molecule has 1 fully saturated rings. The predicted octanol–water partition coefficient (Wildman–Crippen LogP) is 0.0477. The smallest absolute Gasteiger partial charge is 0.223 e. The zero-order valence-electron chi connectivity index (χ0n) is 7.09. The Balaban J connectivity index is 2.14. The first-order valence-electron chi connectivity index (χ1n) is 3.80. The Labute approximate surface area is 75.5 Å². The molecule has 1 rings (SSSR count). The van der Waals surface area contributed by atoms with E-state index < -0.39 is 0 Å². The molecular weight excluding hydrogens is 176 g/mol. The number of thioether (sulfide) groups is 1. The summed E-state index contributed by atoms with van der Waals surface area (Å²) in [6.07, 6.45) is 0.564. The van der Waals surface area contributed by atoms with Crippen molar-refractivity contribution in [1.29, 1.82) is 0 Å². The van der Waals surface area contributed by atoms with Crippen molar-refractivity contribution in [3.63, 3.8) is 0 Å². The molecule has 1 saturated heterocycles. The summed E-state index contributed by atoms with van der Waals surface area (Å²) in [5, 5.41) is 5.69. The van der Waals surface area contributed by atoms with E-state index in [1.807, 2.05) is 6.92 Å². The second-order valence-corrected chi connectivity index (χ2v) is 4.29. The highest BCUT2D eigenvalue weighted by Crippen LogP contribution is 2.21. The van der Waals surface area contributed by atoms with Gasteiger partial charge in [0.1, 0.15) is 0 Å². The van der Waals surface area contributed by atoms with E-state index in [9.17, 15) is 9.59 Å². The first-order chi connectivity index (χ1) is 5.58. The summed E-state index contributed by atoms with van der Waals surface area (Å²) in [5.41, 5.74) is 0. The second-order valence-electron chi connectivity index (χ2n) is 2.74. The molecule has 12 heavy (non-hydrogen) atoms. The Morgan fingerprint density at radius 1 is 1.83 bits per heavy atom. The van der Waals surface area contributed by atoms with Crippen LogP contribution in [-0.4, -0.2) is 22.6 Å². The molecule has 5 heteroatoms. The van der Waals surface area contributed by atoms with Crippen LogP contribution >= 0.6 is 11.8 Å². The third kappa shape index (κ3) is 2.73. The van der Waals surface area contributed by atoms with Crippen LogP contribution in [0.1, 0.15) is 20.3 Å². The lowest BCUT2D eigenvalue weighted by Gasteiger charge is -2.28. The molecule has 2 atom stereocenters. The Morgan fingerprint density at radius 3 is 2.83 bits per heavy atom. The minimum atomic E-state index is -0.0411. The number of hydrogen-bond acceptors (Lipinski definition) is 3. The number of rotatable bonds is 3. The number of hydrogen-bond donors (Lipinski definition) is 2. The van der Waals surface area contributed by atoms with Gasteiger partial charge in [0.2, 0.25) is 11.8 Å². The zero-order valence-corrected chi connectivity index (χ0v) is 7.90. The largest absolute Gasteiger partial charge is 0.345 e. The van der Waals surface area contributed by atoms with Gasteiger partial charge in [-0.15, -0.1) is 11.8 Å². The zero-order chi connectivity index (χ0) is 9.14. The molecule has 0 saturated carbocycles. The van der Waals surface area contributed by atoms with E-state index in [1.54, 1.807) is 11.8 Å². The highest BCUT2D eigenvalue weighted by Gasteiger charge is 2.27. The van der Waals surface area contributed by atoms with E-state index in [2.05, 4.69) is 10.6 Å². The summed E-state index contributed by atoms with van der Waals surface area (Å²) >= 11 is 1.55. The van der Waals surface area contributed by atoms with Crippen molar-refractivity contribution < 1.29 is 9.59 Å². The van der Waals surface area contributed by atoms with E-state index >= 15 is 0 Å². The maximum absolute atomic E-state index is 10.6. The van der Waals surface area contributed by atoms with E-state index in [0.29, 0.717) is 6.42 Å². The van der Waals surface area contributed by atoms with Crippen LogP contribution in [0.25, 0.3) is 0 Å². The molecule has 0 aromatic carbocycles. The third-order valence-corrected chi connectivity index (χ3v) is 2.61. The van der Waals surface area contributed by atoms with Gasteiger partial charge in [-0.25, -0.2) is 0 Å². The molecule has 0 aromatic rings. The van der Waals surface area contributed by atoms with Gasteiger partial charge >= 0.3 is 0 Å². The second kappa shape index (κ2) is 3.80. The van der Waals surface area contributed by atoms with Gasteiger partial charge in [0.05, 0.1) is 17.2 Å². The molecule has 0 spiro atoms. The molecule has 2 N–H and O–H groups in total. The third-order valence-electron chi connectivity index (χ3n) is 1.47. The average Bonchev–Trinajstić information content (AvgIpc) is 1.82. The molecule has 1 aliphatic heterocycles. The van der Waals surface area contributed by atoms with Gasteiger partial charge in [-0.1, -0.05) is 0 Å². The number of β-lactam (4-membered cyclic amide) rings is 1. The minimum Gasteiger partial charge on any atom is -0.345 e. The summed E-state index contributed by atoms with van der Waals surface area (Å²) in [7, 11) is 0. The normalized spacial score (nSPS) is 23.8. The van der Waals surface area contributed by atoms with Crippen LogP contribution in [-0.2, 0) is 9.59 Å². The quantitative estimate of drug-likeness (QED) is 0.486. The fourth-order valence-electron chi connectivity index (χ4n) is 0.976. The van der Waals surface area contributed by atoms with Crippen molar-refractivity contribution in [3.05, 3.63) is 0 Å². The molecule has 0 aromatic heterocycles. The Kier molecular flexibility index (Phi) is 2.97. The number of amides is 2. The van der Waals surface area contributed by atoms with Crippen molar-refractivity contribution in [2.75, 3.05) is 0 Å². The van der Waals surface area contributed by atoms with Gasteiger partial charge in [0, 0.05) is 6.92 Å². The van der Waals surface area contributed by atoms with Gasteiger partial charge in [0.25, 0.3) is 0 Å². The Bertz CT molecular complexity index is 200. The Hall–Kier alpha value is -0.710. The molecular formula is C7H12N2O2S. The van der Waals surface area contributed by atoms with Crippen molar-refractivity contribution in [3.8, 4) is 0 Å². The fourth-order valence-corrected chi connectivity index (χ4v) is 2.15. The van der Waals surface area contributed by atoms with E-state index in [4.69, 9.17) is 0 Å². The van der Waals surface area contributed by atoms with Crippen molar-refractivity contribution in [2.24, 2.45) is 0 Å². The number of carbonyl (C=O) groups is 2. The molecule has 2 unspecified atom stereocenters. The van der Waals surface area contributed by atoms with Gasteiger partial charge in [-0.05, 0) is 6.92 Å². The van der Waals surface area contributed by atoms with Gasteiger partial charge in [-0.3, -0.25) is 9.59 Å². The highest BCUT2D eigenvalue weighted by molar-refractivity contribution is 8.00. The summed E-state index contributed by atoms with van der Waals surface area (Å²) in [6.45, 7) is 3.38. The van der Waals surface area contributed by atoms with Crippen LogP contribution in [0.2, 0.25) is 0 Å². The lowest BCUT2D eigenvalue weighted by Crippen LogP contribution is -2.48. The maximum Gasteiger partial charge on any atom is 0.223 e. The lowest BCUT2D eigenvalue weighted by atomic mass is 10.3. The van der Waals surface area contributed by atoms with Crippen LogP contribution in [0.3, 0.4) is 0 Å². The molecule has 2 amide bonds. The van der Waals surface area contributed by atoms with Crippen molar-refractivity contribution >= 4 is 23.6 Å². The van der Waals surface area contributed by atoms with Crippen LogP contribution < -0.4 is 10.6 Å². The van der Waals surface area contributed by atoms with Gasteiger partial charge < -0.3 is 10.6 Å². The van der Waals surface area contributed by atoms with Crippen LogP contribution in [0.5, 0.6) is 0 Å². The van der Waals surface area contributed by atoms with Crippen LogP contribution in [0.15, 0.2) is 0 Å². The first kappa shape index (κ1) is 9.38. The first-order valence-corrected chi connectivity index (χ1v) is 4.74. The molecule has 1 heterocycles. The highest BCUT2D eigenvalue weighted by atomic mass is 32.2. The standard InChI is InChI=1S/C7H12N2O2S/c1-4(10)8-5(2)12-7-3-6(11)9-7/h5,7H,3H2,1-2H3,(H,8,10)(H,9,11). The molecule has 1 aliphatic rings. The van der Waals surface area contributed by atoms with E-state index in [0.717, 1.165) is 0 Å². The van der Waals surface area contributed by atoms with Gasteiger partial charge in [0.15, 0.2) is 0 Å². The van der Waals surface area contributed by atoms with Gasteiger partial charge in [-0.2, -0.15) is 0 Å². The molecule has 4 nitrogen and oxygen atoms in total. The Morgan fingerprint density at radius 2 is 2.42 bits per heavy atom. The summed E-state index contributed by atoms with van der Waals surface area (Å²) < 4.78 is 0. The lowest BCUT2D eigenvalue weighted by molar-refractivity contribution is -0.126.